The van der Waals surface area contributed by atoms with E-state index in [0.29, 0.717) is 0 Å². The van der Waals surface area contributed by atoms with E-state index in [4.69, 9.17) is 5.11 Å². The molecule has 0 spiro atoms. The molecule has 0 radical (unpaired) electrons. The summed E-state index contributed by atoms with van der Waals surface area (Å²) in [6, 6.07) is -0.603. The zero-order valence-electron chi connectivity index (χ0n) is 8.64. The molecule has 0 aromatic carbocycles. The second-order valence-electron chi connectivity index (χ2n) is 3.42. The molecule has 2 unspecified atom stereocenters. The molecule has 0 aliphatic rings. The van der Waals surface area contributed by atoms with Crippen molar-refractivity contribution < 1.29 is 9.90 Å². The van der Waals surface area contributed by atoms with Crippen LogP contribution in [0.2, 0.25) is 0 Å². The molecule has 5 nitrogen and oxygen atoms in total. The lowest BCUT2D eigenvalue weighted by Crippen LogP contribution is -2.18. The lowest BCUT2D eigenvalue weighted by atomic mass is 10.1. The third-order valence-corrected chi connectivity index (χ3v) is 2.43. The van der Waals surface area contributed by atoms with Crippen LogP contribution in [0.15, 0.2) is 6.33 Å². The fourth-order valence-electron chi connectivity index (χ4n) is 1.20. The highest BCUT2D eigenvalue weighted by atomic mass is 16.4. The quantitative estimate of drug-likeness (QED) is 0.793. The predicted octanol–water partition coefficient (Wildman–Crippen LogP) is 1.44. The van der Waals surface area contributed by atoms with Gasteiger partial charge in [0, 0.05) is 5.92 Å². The summed E-state index contributed by atoms with van der Waals surface area (Å²) < 4.78 is 1.61. The van der Waals surface area contributed by atoms with Crippen molar-refractivity contribution in [1.29, 1.82) is 0 Å². The van der Waals surface area contributed by atoms with E-state index in [1.54, 1.807) is 11.5 Å². The molecular weight excluding hydrogens is 182 g/mol. The Bertz CT molecular complexity index is 322. The van der Waals surface area contributed by atoms with Crippen LogP contribution in [0.4, 0.5) is 0 Å². The van der Waals surface area contributed by atoms with E-state index in [1.807, 2.05) is 13.8 Å². The number of nitrogens with zero attached hydrogens (tertiary/aromatic N) is 3. The maximum Gasteiger partial charge on any atom is 0.326 e. The van der Waals surface area contributed by atoms with Crippen molar-refractivity contribution in [2.45, 2.75) is 39.2 Å². The van der Waals surface area contributed by atoms with Gasteiger partial charge in [0.15, 0.2) is 0 Å². The topological polar surface area (TPSA) is 68.0 Å². The molecule has 1 heterocycles. The summed E-state index contributed by atoms with van der Waals surface area (Å²) >= 11 is 0. The molecule has 0 amide bonds. The Morgan fingerprint density at radius 3 is 2.79 bits per heavy atom. The molecule has 78 valence electrons. The zero-order chi connectivity index (χ0) is 10.7. The molecule has 5 heteroatoms. The first kappa shape index (κ1) is 10.7. The number of rotatable bonds is 4. The minimum absolute atomic E-state index is 0.235. The first-order valence-electron chi connectivity index (χ1n) is 4.70. The molecule has 0 saturated carbocycles. The van der Waals surface area contributed by atoms with Gasteiger partial charge < -0.3 is 9.67 Å². The second-order valence-corrected chi connectivity index (χ2v) is 3.42. The third kappa shape index (κ3) is 1.92. The van der Waals surface area contributed by atoms with E-state index in [9.17, 15) is 4.79 Å². The number of hydrogen-bond donors (Lipinski definition) is 1. The van der Waals surface area contributed by atoms with E-state index >= 15 is 0 Å². The summed E-state index contributed by atoms with van der Waals surface area (Å²) in [5.74, 6) is 0.107. The van der Waals surface area contributed by atoms with Crippen molar-refractivity contribution in [3.63, 3.8) is 0 Å². The van der Waals surface area contributed by atoms with E-state index in [2.05, 4.69) is 10.2 Å². The monoisotopic (exact) mass is 197 g/mol. The minimum atomic E-state index is -0.866. The van der Waals surface area contributed by atoms with Crippen LogP contribution in [0, 0.1) is 0 Å². The van der Waals surface area contributed by atoms with Crippen molar-refractivity contribution in [2.24, 2.45) is 0 Å². The molecular formula is C9H15N3O2. The van der Waals surface area contributed by atoms with E-state index in [1.165, 1.54) is 6.33 Å². The molecule has 0 bridgehead atoms. The van der Waals surface area contributed by atoms with Gasteiger partial charge in [0.1, 0.15) is 18.2 Å². The van der Waals surface area contributed by atoms with Crippen LogP contribution >= 0.6 is 0 Å². The highest BCUT2D eigenvalue weighted by molar-refractivity contribution is 5.71. The van der Waals surface area contributed by atoms with Gasteiger partial charge in [-0.1, -0.05) is 13.8 Å². The number of hydrogen-bond acceptors (Lipinski definition) is 3. The fourth-order valence-corrected chi connectivity index (χ4v) is 1.20. The van der Waals surface area contributed by atoms with Gasteiger partial charge in [-0.05, 0) is 13.3 Å². The molecule has 1 aromatic heterocycles. The van der Waals surface area contributed by atoms with E-state index in [0.717, 1.165) is 12.2 Å². The molecule has 1 aromatic rings. The van der Waals surface area contributed by atoms with Crippen LogP contribution in [0.5, 0.6) is 0 Å². The van der Waals surface area contributed by atoms with Crippen LogP contribution in [-0.4, -0.2) is 25.8 Å². The Hall–Kier alpha value is -1.39. The summed E-state index contributed by atoms with van der Waals surface area (Å²) in [6.45, 7) is 5.67. The molecule has 0 fully saturated rings. The van der Waals surface area contributed by atoms with Crippen LogP contribution in [0.25, 0.3) is 0 Å². The Morgan fingerprint density at radius 2 is 2.29 bits per heavy atom. The summed E-state index contributed by atoms with van der Waals surface area (Å²) in [4.78, 5) is 10.8. The van der Waals surface area contributed by atoms with Crippen LogP contribution in [-0.2, 0) is 4.79 Å². The minimum Gasteiger partial charge on any atom is -0.480 e. The maximum absolute atomic E-state index is 10.8. The van der Waals surface area contributed by atoms with E-state index < -0.39 is 12.0 Å². The molecule has 0 aliphatic heterocycles. The SMILES string of the molecule is CCC(C)c1nncn1C(C)C(=O)O. The van der Waals surface area contributed by atoms with Crippen LogP contribution in [0.1, 0.15) is 45.0 Å². The van der Waals surface area contributed by atoms with Crippen LogP contribution in [0.3, 0.4) is 0 Å². The number of aromatic nitrogens is 3. The highest BCUT2D eigenvalue weighted by Gasteiger charge is 2.19. The van der Waals surface area contributed by atoms with Crippen molar-refractivity contribution >= 4 is 5.97 Å². The molecule has 0 saturated heterocycles. The normalized spacial score (nSPS) is 15.1. The maximum atomic E-state index is 10.8. The molecule has 2 atom stereocenters. The zero-order valence-corrected chi connectivity index (χ0v) is 8.64. The summed E-state index contributed by atoms with van der Waals surface area (Å²) in [6.07, 6.45) is 2.39. The van der Waals surface area contributed by atoms with Crippen molar-refractivity contribution in [2.75, 3.05) is 0 Å². The van der Waals surface area contributed by atoms with Gasteiger partial charge >= 0.3 is 5.97 Å². The van der Waals surface area contributed by atoms with Crippen molar-refractivity contribution in [3.05, 3.63) is 12.2 Å². The molecule has 14 heavy (non-hydrogen) atoms. The smallest absolute Gasteiger partial charge is 0.326 e. The predicted molar refractivity (Wildman–Crippen MR) is 51.1 cm³/mol. The first-order chi connectivity index (χ1) is 6.57. The Balaban J connectivity index is 2.98. The van der Waals surface area contributed by atoms with Gasteiger partial charge in [0.2, 0.25) is 0 Å². The second kappa shape index (κ2) is 4.21. The van der Waals surface area contributed by atoms with Gasteiger partial charge in [-0.15, -0.1) is 10.2 Å². The largest absolute Gasteiger partial charge is 0.480 e. The Kier molecular flexibility index (Phi) is 3.22. The van der Waals surface area contributed by atoms with Crippen molar-refractivity contribution in [1.82, 2.24) is 14.8 Å². The average molecular weight is 197 g/mol. The molecule has 1 N–H and O–H groups in total. The Morgan fingerprint density at radius 1 is 1.64 bits per heavy atom. The summed E-state index contributed by atoms with van der Waals surface area (Å²) in [7, 11) is 0. The van der Waals surface area contributed by atoms with Crippen molar-refractivity contribution in [3.8, 4) is 0 Å². The number of carboxylic acid groups (broad SMARTS) is 1. The van der Waals surface area contributed by atoms with E-state index in [-0.39, 0.29) is 5.92 Å². The highest BCUT2D eigenvalue weighted by Crippen LogP contribution is 2.19. The standard InChI is InChI=1S/C9H15N3O2/c1-4-6(2)8-11-10-5-12(8)7(3)9(13)14/h5-7H,4H2,1-3H3,(H,13,14). The number of aliphatic carboxylic acids is 1. The van der Waals surface area contributed by atoms with Gasteiger partial charge in [0.05, 0.1) is 0 Å². The van der Waals surface area contributed by atoms with Crippen LogP contribution < -0.4 is 0 Å². The third-order valence-electron chi connectivity index (χ3n) is 2.43. The lowest BCUT2D eigenvalue weighted by Gasteiger charge is -2.13. The first-order valence-corrected chi connectivity index (χ1v) is 4.70. The number of carbonyl (C=O) groups is 1. The van der Waals surface area contributed by atoms with Gasteiger partial charge in [0.25, 0.3) is 0 Å². The van der Waals surface area contributed by atoms with Gasteiger partial charge in [-0.3, -0.25) is 0 Å². The molecule has 1 rings (SSSR count). The van der Waals surface area contributed by atoms with Gasteiger partial charge in [-0.25, -0.2) is 4.79 Å². The Labute approximate surface area is 82.8 Å². The fraction of sp³-hybridized carbons (Fsp3) is 0.667. The summed E-state index contributed by atoms with van der Waals surface area (Å²) in [5.41, 5.74) is 0. The number of carboxylic acids is 1. The average Bonchev–Trinajstić information content (AvgIpc) is 2.63. The lowest BCUT2D eigenvalue weighted by molar-refractivity contribution is -0.140. The van der Waals surface area contributed by atoms with Gasteiger partial charge in [-0.2, -0.15) is 0 Å². The molecule has 0 aliphatic carbocycles. The summed E-state index contributed by atoms with van der Waals surface area (Å²) in [5, 5.41) is 16.5.